The van der Waals surface area contributed by atoms with Crippen LogP contribution in [0.15, 0.2) is 33.6 Å². The standard InChI is InChI=1S/C12H14BrNO4S2/c1-18-12(15)10-8-14(6-7-19-10)20(16,17)11-5-3-2-4-9(11)13/h2-5,10H,6-8H2,1H3/t10-/m1/s1. The van der Waals surface area contributed by atoms with Crippen LogP contribution >= 0.6 is 27.7 Å². The molecule has 110 valence electrons. The molecule has 1 heterocycles. The van der Waals surface area contributed by atoms with Gasteiger partial charge in [-0.15, -0.1) is 11.8 Å². The van der Waals surface area contributed by atoms with E-state index in [0.29, 0.717) is 16.8 Å². The van der Waals surface area contributed by atoms with Crippen molar-refractivity contribution in [1.29, 1.82) is 0 Å². The van der Waals surface area contributed by atoms with Gasteiger partial charge in [-0.25, -0.2) is 8.42 Å². The summed E-state index contributed by atoms with van der Waals surface area (Å²) in [4.78, 5) is 11.8. The quantitative estimate of drug-likeness (QED) is 0.748. The number of halogens is 1. The van der Waals surface area contributed by atoms with Gasteiger partial charge in [0.1, 0.15) is 5.25 Å². The molecule has 1 atom stereocenters. The maximum atomic E-state index is 12.6. The summed E-state index contributed by atoms with van der Waals surface area (Å²) < 4.78 is 31.7. The van der Waals surface area contributed by atoms with E-state index >= 15 is 0 Å². The first-order chi connectivity index (χ1) is 9.46. The Morgan fingerprint density at radius 1 is 1.45 bits per heavy atom. The third-order valence-electron chi connectivity index (χ3n) is 2.95. The van der Waals surface area contributed by atoms with Gasteiger partial charge in [-0.2, -0.15) is 4.31 Å². The summed E-state index contributed by atoms with van der Waals surface area (Å²) in [5.74, 6) is 0.186. The van der Waals surface area contributed by atoms with Crippen LogP contribution in [0.1, 0.15) is 0 Å². The largest absolute Gasteiger partial charge is 0.468 e. The topological polar surface area (TPSA) is 63.7 Å². The SMILES string of the molecule is COC(=O)[C@H]1CN(S(=O)(=O)c2ccccc2Br)CCS1. The molecular formula is C12H14BrNO4S2. The number of rotatable bonds is 3. The zero-order chi connectivity index (χ0) is 14.8. The van der Waals surface area contributed by atoms with Crippen LogP contribution in [0.5, 0.6) is 0 Å². The van der Waals surface area contributed by atoms with Crippen LogP contribution < -0.4 is 0 Å². The summed E-state index contributed by atoms with van der Waals surface area (Å²) >= 11 is 4.68. The predicted molar refractivity (Wildman–Crippen MR) is 81.2 cm³/mol. The molecule has 20 heavy (non-hydrogen) atoms. The molecule has 1 aliphatic heterocycles. The molecule has 0 unspecified atom stereocenters. The zero-order valence-electron chi connectivity index (χ0n) is 10.8. The molecule has 0 aromatic heterocycles. The minimum atomic E-state index is -3.60. The molecule has 1 aromatic rings. The summed E-state index contributed by atoms with van der Waals surface area (Å²) in [6, 6.07) is 6.66. The van der Waals surface area contributed by atoms with E-state index in [4.69, 9.17) is 0 Å². The number of methoxy groups -OCH3 is 1. The zero-order valence-corrected chi connectivity index (χ0v) is 14.0. The molecule has 5 nitrogen and oxygen atoms in total. The number of carbonyl (C=O) groups is 1. The highest BCUT2D eigenvalue weighted by Gasteiger charge is 2.34. The maximum Gasteiger partial charge on any atom is 0.320 e. The van der Waals surface area contributed by atoms with Gasteiger partial charge < -0.3 is 4.74 Å². The lowest BCUT2D eigenvalue weighted by atomic mass is 10.4. The van der Waals surface area contributed by atoms with Crippen LogP contribution in [-0.2, 0) is 19.6 Å². The van der Waals surface area contributed by atoms with E-state index in [2.05, 4.69) is 20.7 Å². The van der Waals surface area contributed by atoms with Gasteiger partial charge in [0.15, 0.2) is 0 Å². The molecule has 0 radical (unpaired) electrons. The number of thioether (sulfide) groups is 1. The highest BCUT2D eigenvalue weighted by Crippen LogP contribution is 2.28. The Labute approximate surface area is 130 Å². The van der Waals surface area contributed by atoms with E-state index in [-0.39, 0.29) is 17.4 Å². The van der Waals surface area contributed by atoms with Crippen LogP contribution in [-0.4, -0.2) is 49.9 Å². The summed E-state index contributed by atoms with van der Waals surface area (Å²) in [6.07, 6.45) is 0. The second-order valence-electron chi connectivity index (χ2n) is 4.18. The lowest BCUT2D eigenvalue weighted by Crippen LogP contribution is -2.44. The molecule has 1 aromatic carbocycles. The molecule has 1 fully saturated rings. The first-order valence-corrected chi connectivity index (χ1v) is 9.19. The van der Waals surface area contributed by atoms with Gasteiger partial charge in [-0.1, -0.05) is 12.1 Å². The number of hydrogen-bond donors (Lipinski definition) is 0. The van der Waals surface area contributed by atoms with Crippen molar-refractivity contribution in [1.82, 2.24) is 4.31 Å². The predicted octanol–water partition coefficient (Wildman–Crippen LogP) is 1.73. The molecule has 2 rings (SSSR count). The van der Waals surface area contributed by atoms with E-state index in [1.54, 1.807) is 24.3 Å². The van der Waals surface area contributed by atoms with Crippen LogP contribution in [0.4, 0.5) is 0 Å². The number of hydrogen-bond acceptors (Lipinski definition) is 5. The second kappa shape index (κ2) is 6.46. The van der Waals surface area contributed by atoms with Crippen molar-refractivity contribution >= 4 is 43.7 Å². The molecule has 0 spiro atoms. The molecule has 0 bridgehead atoms. The van der Waals surface area contributed by atoms with Gasteiger partial charge >= 0.3 is 5.97 Å². The molecular weight excluding hydrogens is 366 g/mol. The summed E-state index contributed by atoms with van der Waals surface area (Å²) in [5, 5.41) is -0.467. The Morgan fingerprint density at radius 2 is 2.15 bits per heavy atom. The van der Waals surface area contributed by atoms with Crippen molar-refractivity contribution in [2.45, 2.75) is 10.1 Å². The van der Waals surface area contributed by atoms with Gasteiger partial charge in [0.2, 0.25) is 10.0 Å². The van der Waals surface area contributed by atoms with Gasteiger partial charge in [0, 0.05) is 23.3 Å². The van der Waals surface area contributed by atoms with E-state index in [0.717, 1.165) is 0 Å². The Kier molecular flexibility index (Phi) is 5.11. The number of esters is 1. The molecule has 0 saturated carbocycles. The summed E-state index contributed by atoms with van der Waals surface area (Å²) in [6.45, 7) is 0.531. The van der Waals surface area contributed by atoms with E-state index in [9.17, 15) is 13.2 Å². The first kappa shape index (κ1) is 15.8. The monoisotopic (exact) mass is 379 g/mol. The van der Waals surface area contributed by atoms with Crippen molar-refractivity contribution in [3.8, 4) is 0 Å². The molecule has 1 aliphatic rings. The highest BCUT2D eigenvalue weighted by atomic mass is 79.9. The number of nitrogens with zero attached hydrogens (tertiary/aromatic N) is 1. The molecule has 0 N–H and O–H groups in total. The van der Waals surface area contributed by atoms with Gasteiger partial charge in [0.25, 0.3) is 0 Å². The molecule has 1 saturated heterocycles. The van der Waals surface area contributed by atoms with Gasteiger partial charge in [-0.05, 0) is 28.1 Å². The van der Waals surface area contributed by atoms with E-state index < -0.39 is 15.3 Å². The van der Waals surface area contributed by atoms with Crippen molar-refractivity contribution in [3.63, 3.8) is 0 Å². The second-order valence-corrected chi connectivity index (χ2v) is 8.25. The highest BCUT2D eigenvalue weighted by molar-refractivity contribution is 9.10. The lowest BCUT2D eigenvalue weighted by Gasteiger charge is -2.30. The van der Waals surface area contributed by atoms with E-state index in [1.165, 1.54) is 23.2 Å². The lowest BCUT2D eigenvalue weighted by molar-refractivity contribution is -0.140. The van der Waals surface area contributed by atoms with Crippen molar-refractivity contribution < 1.29 is 17.9 Å². The van der Waals surface area contributed by atoms with Crippen molar-refractivity contribution in [2.24, 2.45) is 0 Å². The fourth-order valence-corrected chi connectivity index (χ4v) is 5.67. The van der Waals surface area contributed by atoms with Gasteiger partial charge in [-0.3, -0.25) is 4.79 Å². The number of ether oxygens (including phenoxy) is 1. The average molecular weight is 380 g/mol. The number of benzene rings is 1. The average Bonchev–Trinajstić information content (AvgIpc) is 2.47. The Balaban J connectivity index is 2.26. The van der Waals surface area contributed by atoms with Crippen LogP contribution in [0, 0.1) is 0 Å². The third-order valence-corrected chi connectivity index (χ3v) is 6.99. The Hall–Kier alpha value is -0.570. The fraction of sp³-hybridized carbons (Fsp3) is 0.417. The number of carbonyl (C=O) groups excluding carboxylic acids is 1. The van der Waals surface area contributed by atoms with Crippen molar-refractivity contribution in [3.05, 3.63) is 28.7 Å². The molecule has 0 amide bonds. The van der Waals surface area contributed by atoms with Crippen LogP contribution in [0.3, 0.4) is 0 Å². The number of sulfonamides is 1. The fourth-order valence-electron chi connectivity index (χ4n) is 1.91. The minimum Gasteiger partial charge on any atom is -0.468 e. The van der Waals surface area contributed by atoms with Gasteiger partial charge in [0.05, 0.1) is 12.0 Å². The smallest absolute Gasteiger partial charge is 0.320 e. The van der Waals surface area contributed by atoms with Crippen molar-refractivity contribution in [2.75, 3.05) is 26.0 Å². The summed E-state index contributed by atoms with van der Waals surface area (Å²) in [5.41, 5.74) is 0. The third kappa shape index (κ3) is 3.19. The normalized spacial score (nSPS) is 20.6. The van der Waals surface area contributed by atoms with E-state index in [1.807, 2.05) is 0 Å². The first-order valence-electron chi connectivity index (χ1n) is 5.91. The molecule has 8 heteroatoms. The van der Waals surface area contributed by atoms with Crippen LogP contribution in [0.2, 0.25) is 0 Å². The maximum absolute atomic E-state index is 12.6. The Morgan fingerprint density at radius 3 is 2.80 bits per heavy atom. The Bertz CT molecular complexity index is 605. The minimum absolute atomic E-state index is 0.140. The molecule has 0 aliphatic carbocycles. The van der Waals surface area contributed by atoms with Crippen LogP contribution in [0.25, 0.3) is 0 Å². The summed E-state index contributed by atoms with van der Waals surface area (Å²) in [7, 11) is -2.29.